The Bertz CT molecular complexity index is 1160. The van der Waals surface area contributed by atoms with Gasteiger partial charge in [-0.05, 0) is 55.3 Å². The molecular formula is C25H29FN6O3. The normalized spacial score (nSPS) is 11.5. The summed E-state index contributed by atoms with van der Waals surface area (Å²) < 4.78 is 13.0. The van der Waals surface area contributed by atoms with Crippen LogP contribution in [-0.4, -0.2) is 47.1 Å². The Morgan fingerprint density at radius 3 is 2.43 bits per heavy atom. The van der Waals surface area contributed by atoms with E-state index in [1.165, 1.54) is 29.2 Å². The number of nitrogens with zero attached hydrogens (tertiary/aromatic N) is 3. The minimum absolute atomic E-state index is 0.289. The van der Waals surface area contributed by atoms with Crippen molar-refractivity contribution in [1.82, 2.24) is 9.97 Å². The highest BCUT2D eigenvalue weighted by Crippen LogP contribution is 2.27. The Hall–Kier alpha value is -4.05. The summed E-state index contributed by atoms with van der Waals surface area (Å²) in [5.74, 6) is 0.0893. The van der Waals surface area contributed by atoms with E-state index in [1.54, 1.807) is 26.1 Å². The first-order valence-corrected chi connectivity index (χ1v) is 11.2. The molecule has 0 saturated heterocycles. The lowest BCUT2D eigenvalue weighted by molar-refractivity contribution is -0.107. The maximum atomic E-state index is 13.0. The van der Waals surface area contributed by atoms with Gasteiger partial charge in [0.1, 0.15) is 11.5 Å². The van der Waals surface area contributed by atoms with Crippen LogP contribution >= 0.6 is 0 Å². The second-order valence-corrected chi connectivity index (χ2v) is 8.00. The molecule has 0 saturated carbocycles. The van der Waals surface area contributed by atoms with Crippen LogP contribution < -0.4 is 20.9 Å². The highest BCUT2D eigenvalue weighted by molar-refractivity contribution is 6.04. The second-order valence-electron chi connectivity index (χ2n) is 8.00. The molecule has 0 radical (unpaired) electrons. The first-order chi connectivity index (χ1) is 16.8. The van der Waals surface area contributed by atoms with E-state index in [0.29, 0.717) is 53.8 Å². The molecule has 1 aromatic heterocycles. The number of aliphatic hydroxyl groups excluding tert-OH is 1. The SMILES string of the molecule is CC[C@@H](O)CNc1nc(NCc2ccc(NC(=O)c3ccc(F)cc3)cc2)nc(C)c1N(C)C=O. The summed E-state index contributed by atoms with van der Waals surface area (Å²) in [6.45, 7) is 4.37. The third-order valence-corrected chi connectivity index (χ3v) is 5.31. The molecule has 0 unspecified atom stereocenters. The predicted molar refractivity (Wildman–Crippen MR) is 134 cm³/mol. The fourth-order valence-electron chi connectivity index (χ4n) is 3.29. The van der Waals surface area contributed by atoms with Gasteiger partial charge in [-0.25, -0.2) is 9.37 Å². The molecule has 0 bridgehead atoms. The number of aromatic nitrogens is 2. The van der Waals surface area contributed by atoms with Gasteiger partial charge in [-0.3, -0.25) is 9.59 Å². The minimum Gasteiger partial charge on any atom is -0.391 e. The quantitative estimate of drug-likeness (QED) is 0.310. The number of hydrogen-bond donors (Lipinski definition) is 4. The summed E-state index contributed by atoms with van der Waals surface area (Å²) in [4.78, 5) is 33.9. The highest BCUT2D eigenvalue weighted by Gasteiger charge is 2.16. The van der Waals surface area contributed by atoms with Crippen LogP contribution in [0.2, 0.25) is 0 Å². The Balaban J connectivity index is 1.67. The zero-order chi connectivity index (χ0) is 25.4. The molecule has 2 aromatic carbocycles. The molecular weight excluding hydrogens is 451 g/mol. The number of aliphatic hydroxyl groups is 1. The predicted octanol–water partition coefficient (Wildman–Crippen LogP) is 3.56. The number of carbonyl (C=O) groups excluding carboxylic acids is 2. The molecule has 3 rings (SSSR count). The Labute approximate surface area is 203 Å². The van der Waals surface area contributed by atoms with Crippen molar-refractivity contribution < 1.29 is 19.1 Å². The first-order valence-electron chi connectivity index (χ1n) is 11.2. The number of nitrogens with one attached hydrogen (secondary N) is 3. The van der Waals surface area contributed by atoms with Crippen LogP contribution in [0.25, 0.3) is 0 Å². The van der Waals surface area contributed by atoms with E-state index in [1.807, 2.05) is 19.1 Å². The van der Waals surface area contributed by atoms with Crippen molar-refractivity contribution in [1.29, 1.82) is 0 Å². The second kappa shape index (κ2) is 11.9. The Kier molecular flexibility index (Phi) is 8.69. The molecule has 0 aliphatic rings. The fraction of sp³-hybridized carbons (Fsp3) is 0.280. The molecule has 3 aromatic rings. The van der Waals surface area contributed by atoms with Crippen LogP contribution in [0, 0.1) is 12.7 Å². The number of anilines is 4. The van der Waals surface area contributed by atoms with Crippen LogP contribution in [0.15, 0.2) is 48.5 Å². The average Bonchev–Trinajstić information content (AvgIpc) is 2.86. The van der Waals surface area contributed by atoms with Crippen LogP contribution in [-0.2, 0) is 11.3 Å². The zero-order valence-corrected chi connectivity index (χ0v) is 19.9. The standard InChI is InChI=1S/C25H29FN6O3/c1-4-21(34)14-27-23-22(32(3)15-33)16(2)29-25(31-23)28-13-17-5-11-20(12-6-17)30-24(35)18-7-9-19(26)10-8-18/h5-12,15,21,34H,4,13-14H2,1-3H3,(H,30,35)(H2,27,28,29,31)/t21-/m1/s1. The molecule has 10 heteroatoms. The third-order valence-electron chi connectivity index (χ3n) is 5.31. The number of carbonyl (C=O) groups is 2. The number of rotatable bonds is 11. The molecule has 0 fully saturated rings. The van der Waals surface area contributed by atoms with Gasteiger partial charge in [0.25, 0.3) is 5.91 Å². The number of hydrogen-bond acceptors (Lipinski definition) is 7. The largest absolute Gasteiger partial charge is 0.391 e. The summed E-state index contributed by atoms with van der Waals surface area (Å²) >= 11 is 0. The van der Waals surface area contributed by atoms with Gasteiger partial charge in [-0.15, -0.1) is 0 Å². The van der Waals surface area contributed by atoms with E-state index < -0.39 is 11.9 Å². The number of benzene rings is 2. The smallest absolute Gasteiger partial charge is 0.255 e. The van der Waals surface area contributed by atoms with Crippen LogP contribution in [0.5, 0.6) is 0 Å². The van der Waals surface area contributed by atoms with Gasteiger partial charge in [-0.1, -0.05) is 19.1 Å². The summed E-state index contributed by atoms with van der Waals surface area (Å²) in [6.07, 6.45) is 0.719. The molecule has 184 valence electrons. The molecule has 0 aliphatic carbocycles. The van der Waals surface area contributed by atoms with Gasteiger partial charge in [0.15, 0.2) is 5.82 Å². The maximum Gasteiger partial charge on any atom is 0.255 e. The Morgan fingerprint density at radius 1 is 1.11 bits per heavy atom. The van der Waals surface area contributed by atoms with Crippen LogP contribution in [0.4, 0.5) is 27.5 Å². The number of aryl methyl sites for hydroxylation is 1. The first kappa shape index (κ1) is 25.6. The van der Waals surface area contributed by atoms with E-state index in [2.05, 4.69) is 25.9 Å². The molecule has 0 spiro atoms. The van der Waals surface area contributed by atoms with Gasteiger partial charge < -0.3 is 26.0 Å². The number of halogens is 1. The molecule has 0 aliphatic heterocycles. The van der Waals surface area contributed by atoms with Crippen molar-refractivity contribution in [3.8, 4) is 0 Å². The van der Waals surface area contributed by atoms with E-state index in [9.17, 15) is 19.1 Å². The molecule has 9 nitrogen and oxygen atoms in total. The molecule has 35 heavy (non-hydrogen) atoms. The van der Waals surface area contributed by atoms with Gasteiger partial charge in [0.2, 0.25) is 12.4 Å². The minimum atomic E-state index is -0.543. The summed E-state index contributed by atoms with van der Waals surface area (Å²) in [7, 11) is 1.61. The lowest BCUT2D eigenvalue weighted by Crippen LogP contribution is -2.23. The van der Waals surface area contributed by atoms with Crippen molar-refractivity contribution in [2.75, 3.05) is 34.4 Å². The van der Waals surface area contributed by atoms with E-state index in [4.69, 9.17) is 0 Å². The molecule has 1 heterocycles. The van der Waals surface area contributed by atoms with Gasteiger partial charge in [-0.2, -0.15) is 4.98 Å². The van der Waals surface area contributed by atoms with Crippen molar-refractivity contribution in [3.05, 3.63) is 71.2 Å². The van der Waals surface area contributed by atoms with Crippen molar-refractivity contribution in [3.63, 3.8) is 0 Å². The topological polar surface area (TPSA) is 119 Å². The summed E-state index contributed by atoms with van der Waals surface area (Å²) in [6, 6.07) is 12.6. The summed E-state index contributed by atoms with van der Waals surface area (Å²) in [5.41, 5.74) is 3.04. The zero-order valence-electron chi connectivity index (χ0n) is 19.9. The average molecular weight is 481 g/mol. The number of amides is 2. The third kappa shape index (κ3) is 6.97. The maximum absolute atomic E-state index is 13.0. The van der Waals surface area contributed by atoms with Crippen molar-refractivity contribution >= 4 is 35.5 Å². The fourth-order valence-corrected chi connectivity index (χ4v) is 3.29. The van der Waals surface area contributed by atoms with Crippen LogP contribution in [0.1, 0.15) is 35.0 Å². The lowest BCUT2D eigenvalue weighted by Gasteiger charge is -2.20. The van der Waals surface area contributed by atoms with E-state index in [0.717, 1.165) is 5.56 Å². The lowest BCUT2D eigenvalue weighted by atomic mass is 10.2. The highest BCUT2D eigenvalue weighted by atomic mass is 19.1. The molecule has 2 amide bonds. The van der Waals surface area contributed by atoms with E-state index >= 15 is 0 Å². The Morgan fingerprint density at radius 2 is 1.80 bits per heavy atom. The van der Waals surface area contributed by atoms with Gasteiger partial charge >= 0.3 is 0 Å². The molecule has 1 atom stereocenters. The van der Waals surface area contributed by atoms with Crippen LogP contribution in [0.3, 0.4) is 0 Å². The van der Waals surface area contributed by atoms with Crippen molar-refractivity contribution in [2.45, 2.75) is 32.9 Å². The summed E-state index contributed by atoms with van der Waals surface area (Å²) in [5, 5.41) is 18.9. The monoisotopic (exact) mass is 480 g/mol. The van der Waals surface area contributed by atoms with E-state index in [-0.39, 0.29) is 12.5 Å². The van der Waals surface area contributed by atoms with Gasteiger partial charge in [0, 0.05) is 31.4 Å². The van der Waals surface area contributed by atoms with Crippen molar-refractivity contribution in [2.24, 2.45) is 0 Å². The molecule has 4 N–H and O–H groups in total. The van der Waals surface area contributed by atoms with Gasteiger partial charge in [0.05, 0.1) is 11.8 Å².